The van der Waals surface area contributed by atoms with Gasteiger partial charge in [-0.15, -0.1) is 0 Å². The van der Waals surface area contributed by atoms with E-state index in [2.05, 4.69) is 74.8 Å². The Hall–Kier alpha value is -1.39. The van der Waals surface area contributed by atoms with E-state index < -0.39 is 0 Å². The molecular formula is C17H21P. The average Bonchev–Trinajstić information content (AvgIpc) is 2.43. The van der Waals surface area contributed by atoms with E-state index in [1.54, 1.807) is 0 Å². The Morgan fingerprint density at radius 2 is 1.17 bits per heavy atom. The molecule has 0 fully saturated rings. The van der Waals surface area contributed by atoms with Crippen molar-refractivity contribution in [1.82, 2.24) is 0 Å². The van der Waals surface area contributed by atoms with Crippen molar-refractivity contribution >= 4 is 18.5 Å². The van der Waals surface area contributed by atoms with Crippen molar-refractivity contribution in [3.8, 4) is 0 Å². The highest BCUT2D eigenvalue weighted by Crippen LogP contribution is 2.33. The van der Waals surface area contributed by atoms with E-state index in [1.165, 1.54) is 17.0 Å². The van der Waals surface area contributed by atoms with E-state index in [-0.39, 0.29) is 7.92 Å². The molecule has 0 heterocycles. The Morgan fingerprint density at radius 1 is 0.833 bits per heavy atom. The van der Waals surface area contributed by atoms with Gasteiger partial charge in [-0.3, -0.25) is 0 Å². The zero-order valence-electron chi connectivity index (χ0n) is 11.2. The smallest absolute Gasteiger partial charge is 0.0157 e. The molecule has 2 aromatic rings. The van der Waals surface area contributed by atoms with Crippen LogP contribution in [0.15, 0.2) is 73.1 Å². The molecule has 0 N–H and O–H groups in total. The van der Waals surface area contributed by atoms with Gasteiger partial charge in [-0.25, -0.2) is 0 Å². The highest BCUT2D eigenvalue weighted by Gasteiger charge is 2.07. The van der Waals surface area contributed by atoms with Gasteiger partial charge >= 0.3 is 0 Å². The van der Waals surface area contributed by atoms with Crippen LogP contribution in [-0.4, -0.2) is 0 Å². The highest BCUT2D eigenvalue weighted by atomic mass is 31.1. The van der Waals surface area contributed by atoms with Crippen LogP contribution >= 0.6 is 7.92 Å². The fourth-order valence-corrected chi connectivity index (χ4v) is 3.24. The molecule has 0 bridgehead atoms. The zero-order chi connectivity index (χ0) is 13.2. The van der Waals surface area contributed by atoms with Gasteiger partial charge in [-0.1, -0.05) is 93.3 Å². The molecule has 2 rings (SSSR count). The first-order valence-corrected chi connectivity index (χ1v) is 7.76. The van der Waals surface area contributed by atoms with Crippen molar-refractivity contribution < 1.29 is 0 Å². The Bertz CT molecular complexity index is 394. The summed E-state index contributed by atoms with van der Waals surface area (Å²) in [7, 11) is -0.385. The molecule has 18 heavy (non-hydrogen) atoms. The third-order valence-corrected chi connectivity index (χ3v) is 4.33. The van der Waals surface area contributed by atoms with Gasteiger partial charge < -0.3 is 0 Å². The third-order valence-electron chi connectivity index (χ3n) is 2.25. The Kier molecular flexibility index (Phi) is 7.06. The quantitative estimate of drug-likeness (QED) is 0.699. The summed E-state index contributed by atoms with van der Waals surface area (Å²) in [6.07, 6.45) is 1.25. The number of hydrogen-bond donors (Lipinski definition) is 0. The average molecular weight is 256 g/mol. The number of rotatable bonds is 3. The summed E-state index contributed by atoms with van der Waals surface area (Å²) in [6.45, 7) is 8.19. The van der Waals surface area contributed by atoms with Crippen LogP contribution in [0, 0.1) is 0 Å². The minimum atomic E-state index is -0.385. The standard InChI is InChI=1S/C14H13P.C3H8/c1-2-15(13-9-5-3-6-10-13)14-11-7-4-8-12-14;1-3-2/h2-12H,1H2;3H2,1-2H3. The Labute approximate surface area is 112 Å². The molecule has 94 valence electrons. The second-order valence-electron chi connectivity index (χ2n) is 3.93. The van der Waals surface area contributed by atoms with Crippen molar-refractivity contribution in [1.29, 1.82) is 0 Å². The minimum Gasteiger partial charge on any atom is -0.0980 e. The van der Waals surface area contributed by atoms with Gasteiger partial charge in [-0.05, 0) is 18.5 Å². The van der Waals surface area contributed by atoms with Crippen molar-refractivity contribution in [2.24, 2.45) is 0 Å². The second kappa shape index (κ2) is 8.66. The number of hydrogen-bond acceptors (Lipinski definition) is 0. The molecule has 0 saturated heterocycles. The van der Waals surface area contributed by atoms with E-state index in [0.29, 0.717) is 0 Å². The lowest BCUT2D eigenvalue weighted by molar-refractivity contribution is 1.09. The summed E-state index contributed by atoms with van der Waals surface area (Å²) in [5, 5.41) is 2.71. The molecule has 0 atom stereocenters. The second-order valence-corrected chi connectivity index (χ2v) is 6.07. The molecule has 0 aromatic heterocycles. The van der Waals surface area contributed by atoms with Gasteiger partial charge in [0.05, 0.1) is 0 Å². The van der Waals surface area contributed by atoms with Crippen LogP contribution in [0.1, 0.15) is 20.3 Å². The molecule has 0 radical (unpaired) electrons. The van der Waals surface area contributed by atoms with Crippen LogP contribution in [0.5, 0.6) is 0 Å². The summed E-state index contributed by atoms with van der Waals surface area (Å²) in [4.78, 5) is 0. The van der Waals surface area contributed by atoms with E-state index in [1.807, 2.05) is 12.1 Å². The van der Waals surface area contributed by atoms with Gasteiger partial charge in [0.1, 0.15) is 0 Å². The lowest BCUT2D eigenvalue weighted by atomic mass is 10.4. The summed E-state index contributed by atoms with van der Waals surface area (Å²) in [6, 6.07) is 21.1. The Morgan fingerprint density at radius 3 is 1.44 bits per heavy atom. The van der Waals surface area contributed by atoms with E-state index >= 15 is 0 Å². The summed E-state index contributed by atoms with van der Waals surface area (Å²) in [5.41, 5.74) is 0. The Balaban J connectivity index is 0.000000492. The fraction of sp³-hybridized carbons (Fsp3) is 0.176. The predicted molar refractivity (Wildman–Crippen MR) is 85.2 cm³/mol. The molecule has 0 spiro atoms. The largest absolute Gasteiger partial charge is 0.0980 e. The van der Waals surface area contributed by atoms with Gasteiger partial charge in [-0.2, -0.15) is 0 Å². The van der Waals surface area contributed by atoms with Crippen LogP contribution < -0.4 is 10.6 Å². The van der Waals surface area contributed by atoms with Crippen LogP contribution in [0.4, 0.5) is 0 Å². The number of benzene rings is 2. The molecule has 0 aliphatic carbocycles. The molecule has 1 heteroatoms. The topological polar surface area (TPSA) is 0 Å². The van der Waals surface area contributed by atoms with E-state index in [4.69, 9.17) is 0 Å². The van der Waals surface area contributed by atoms with Crippen LogP contribution in [0.3, 0.4) is 0 Å². The molecule has 2 aromatic carbocycles. The van der Waals surface area contributed by atoms with Crippen molar-refractivity contribution in [3.63, 3.8) is 0 Å². The van der Waals surface area contributed by atoms with E-state index in [0.717, 1.165) is 0 Å². The maximum absolute atomic E-state index is 3.94. The molecule has 0 aliphatic heterocycles. The zero-order valence-corrected chi connectivity index (χ0v) is 12.1. The summed E-state index contributed by atoms with van der Waals surface area (Å²) >= 11 is 0. The summed E-state index contributed by atoms with van der Waals surface area (Å²) in [5.74, 6) is 2.06. The van der Waals surface area contributed by atoms with Crippen LogP contribution in [-0.2, 0) is 0 Å². The van der Waals surface area contributed by atoms with Crippen LogP contribution in [0.25, 0.3) is 0 Å². The molecule has 0 amide bonds. The van der Waals surface area contributed by atoms with Crippen molar-refractivity contribution in [3.05, 3.63) is 73.1 Å². The van der Waals surface area contributed by atoms with Gasteiger partial charge in [0.25, 0.3) is 0 Å². The van der Waals surface area contributed by atoms with Gasteiger partial charge in [0.15, 0.2) is 0 Å². The highest BCUT2D eigenvalue weighted by molar-refractivity contribution is 7.75. The van der Waals surface area contributed by atoms with Crippen molar-refractivity contribution in [2.45, 2.75) is 20.3 Å². The third kappa shape index (κ3) is 4.47. The first kappa shape index (κ1) is 14.7. The predicted octanol–water partition coefficient (Wildman–Crippen LogP) is 4.68. The minimum absolute atomic E-state index is 0.385. The van der Waals surface area contributed by atoms with Gasteiger partial charge in [0.2, 0.25) is 0 Å². The lowest BCUT2D eigenvalue weighted by Gasteiger charge is -2.13. The van der Waals surface area contributed by atoms with Crippen molar-refractivity contribution in [2.75, 3.05) is 0 Å². The maximum Gasteiger partial charge on any atom is -0.0157 e. The first-order chi connectivity index (χ1) is 8.83. The molecular weight excluding hydrogens is 235 g/mol. The normalized spacial score (nSPS) is 9.50. The maximum atomic E-state index is 3.94. The molecule has 0 nitrogen and oxygen atoms in total. The van der Waals surface area contributed by atoms with Gasteiger partial charge in [0, 0.05) is 0 Å². The first-order valence-electron chi connectivity index (χ1n) is 6.35. The fourth-order valence-electron chi connectivity index (χ4n) is 1.54. The molecule has 0 saturated carbocycles. The molecule has 0 unspecified atom stereocenters. The molecule has 0 aliphatic rings. The van der Waals surface area contributed by atoms with E-state index in [9.17, 15) is 0 Å². The monoisotopic (exact) mass is 256 g/mol. The SMILES string of the molecule is C=CP(c1ccccc1)c1ccccc1.CCC. The lowest BCUT2D eigenvalue weighted by Crippen LogP contribution is -2.08. The van der Waals surface area contributed by atoms with Crippen LogP contribution in [0.2, 0.25) is 0 Å². The summed E-state index contributed by atoms with van der Waals surface area (Å²) < 4.78 is 0.